The SMILES string of the molecule is N#Cc1ccc(CCC(=O)NC(c2cc(F)cc(Br)c2)C2CC2)cc1. The van der Waals surface area contributed by atoms with Gasteiger partial charge in [0.15, 0.2) is 0 Å². The Morgan fingerprint density at radius 3 is 2.60 bits per heavy atom. The molecule has 3 rings (SSSR count). The molecule has 0 saturated heterocycles. The third kappa shape index (κ3) is 4.90. The molecular weight excluding hydrogens is 383 g/mol. The monoisotopic (exact) mass is 400 g/mol. The summed E-state index contributed by atoms with van der Waals surface area (Å²) in [6.45, 7) is 0. The lowest BCUT2D eigenvalue weighted by atomic mass is 10.0. The Balaban J connectivity index is 1.62. The molecule has 1 unspecified atom stereocenters. The van der Waals surface area contributed by atoms with E-state index in [2.05, 4.69) is 27.3 Å². The van der Waals surface area contributed by atoms with Crippen LogP contribution in [0.5, 0.6) is 0 Å². The lowest BCUT2D eigenvalue weighted by molar-refractivity contribution is -0.122. The van der Waals surface area contributed by atoms with Crippen LogP contribution in [-0.4, -0.2) is 5.91 Å². The predicted molar refractivity (Wildman–Crippen MR) is 97.2 cm³/mol. The number of hydrogen-bond acceptors (Lipinski definition) is 2. The highest BCUT2D eigenvalue weighted by atomic mass is 79.9. The van der Waals surface area contributed by atoms with E-state index in [9.17, 15) is 9.18 Å². The molecular formula is C20H18BrFN2O. The molecule has 5 heteroatoms. The highest BCUT2D eigenvalue weighted by molar-refractivity contribution is 9.10. The first-order valence-electron chi connectivity index (χ1n) is 8.29. The summed E-state index contributed by atoms with van der Waals surface area (Å²) in [5, 5.41) is 11.9. The number of amides is 1. The average molecular weight is 401 g/mol. The first-order valence-corrected chi connectivity index (χ1v) is 9.09. The van der Waals surface area contributed by atoms with Crippen LogP contribution in [-0.2, 0) is 11.2 Å². The van der Waals surface area contributed by atoms with Crippen molar-refractivity contribution in [3.63, 3.8) is 0 Å². The zero-order valence-corrected chi connectivity index (χ0v) is 15.2. The van der Waals surface area contributed by atoms with Gasteiger partial charge in [0.1, 0.15) is 5.82 Å². The Labute approximate surface area is 155 Å². The number of nitriles is 1. The fraction of sp³-hybridized carbons (Fsp3) is 0.300. The third-order valence-corrected chi connectivity index (χ3v) is 4.84. The number of aryl methyl sites for hydroxylation is 1. The van der Waals surface area contributed by atoms with Crippen LogP contribution in [0.1, 0.15) is 42.0 Å². The van der Waals surface area contributed by atoms with Crippen LogP contribution >= 0.6 is 15.9 Å². The van der Waals surface area contributed by atoms with Crippen molar-refractivity contribution in [1.29, 1.82) is 5.26 Å². The fourth-order valence-electron chi connectivity index (χ4n) is 2.91. The minimum absolute atomic E-state index is 0.0401. The number of carbonyl (C=O) groups is 1. The highest BCUT2D eigenvalue weighted by Gasteiger charge is 2.33. The minimum Gasteiger partial charge on any atom is -0.349 e. The maximum atomic E-state index is 13.7. The molecule has 3 nitrogen and oxygen atoms in total. The van der Waals surface area contributed by atoms with Crippen LogP contribution in [0.3, 0.4) is 0 Å². The lowest BCUT2D eigenvalue weighted by Gasteiger charge is -2.19. The molecule has 0 radical (unpaired) electrons. The van der Waals surface area contributed by atoms with Gasteiger partial charge in [-0.3, -0.25) is 4.79 Å². The molecule has 0 bridgehead atoms. The molecule has 0 aliphatic heterocycles. The first-order chi connectivity index (χ1) is 12.0. The van der Waals surface area contributed by atoms with E-state index in [4.69, 9.17) is 5.26 Å². The zero-order valence-electron chi connectivity index (χ0n) is 13.6. The van der Waals surface area contributed by atoms with E-state index >= 15 is 0 Å². The van der Waals surface area contributed by atoms with E-state index < -0.39 is 0 Å². The van der Waals surface area contributed by atoms with Crippen molar-refractivity contribution in [2.75, 3.05) is 0 Å². The first kappa shape index (κ1) is 17.6. The summed E-state index contributed by atoms with van der Waals surface area (Å²) in [5.41, 5.74) is 2.44. The maximum Gasteiger partial charge on any atom is 0.220 e. The van der Waals surface area contributed by atoms with E-state index in [-0.39, 0.29) is 17.8 Å². The molecule has 2 aromatic rings. The Kier molecular flexibility index (Phi) is 5.50. The Bertz CT molecular complexity index is 789. The Morgan fingerprint density at radius 2 is 2.00 bits per heavy atom. The standard InChI is InChI=1S/C20H18BrFN2O/c21-17-9-16(10-18(22)11-17)20(15-6-7-15)24-19(25)8-5-13-1-3-14(12-23)4-2-13/h1-4,9-11,15,20H,5-8H2,(H,24,25). The molecule has 1 saturated carbocycles. The smallest absolute Gasteiger partial charge is 0.220 e. The van der Waals surface area contributed by atoms with Crippen LogP contribution < -0.4 is 5.32 Å². The van der Waals surface area contributed by atoms with Crippen molar-refractivity contribution >= 4 is 21.8 Å². The minimum atomic E-state index is -0.304. The second-order valence-electron chi connectivity index (χ2n) is 6.39. The summed E-state index contributed by atoms with van der Waals surface area (Å²) < 4.78 is 14.4. The number of nitrogens with one attached hydrogen (secondary N) is 1. The van der Waals surface area contributed by atoms with E-state index in [0.29, 0.717) is 28.8 Å². The van der Waals surface area contributed by atoms with Gasteiger partial charge in [0.25, 0.3) is 0 Å². The zero-order chi connectivity index (χ0) is 17.8. The summed E-state index contributed by atoms with van der Waals surface area (Å²) >= 11 is 3.31. The molecule has 1 amide bonds. The van der Waals surface area contributed by atoms with E-state index in [1.807, 2.05) is 18.2 Å². The molecule has 1 fully saturated rings. The van der Waals surface area contributed by atoms with Gasteiger partial charge in [-0.25, -0.2) is 4.39 Å². The van der Waals surface area contributed by atoms with E-state index in [0.717, 1.165) is 24.0 Å². The number of rotatable bonds is 6. The topological polar surface area (TPSA) is 52.9 Å². The number of benzene rings is 2. The fourth-order valence-corrected chi connectivity index (χ4v) is 3.39. The van der Waals surface area contributed by atoms with Crippen molar-refractivity contribution < 1.29 is 9.18 Å². The van der Waals surface area contributed by atoms with Crippen molar-refractivity contribution in [2.45, 2.75) is 31.7 Å². The lowest BCUT2D eigenvalue weighted by Crippen LogP contribution is -2.30. The highest BCUT2D eigenvalue weighted by Crippen LogP contribution is 2.41. The van der Waals surface area contributed by atoms with Crippen LogP contribution in [0.15, 0.2) is 46.9 Å². The van der Waals surface area contributed by atoms with Gasteiger partial charge in [-0.1, -0.05) is 28.1 Å². The molecule has 2 aromatic carbocycles. The van der Waals surface area contributed by atoms with Gasteiger partial charge in [-0.15, -0.1) is 0 Å². The molecule has 1 aliphatic carbocycles. The normalized spacial score (nSPS) is 14.6. The average Bonchev–Trinajstić information content (AvgIpc) is 3.42. The van der Waals surface area contributed by atoms with E-state index in [1.54, 1.807) is 12.1 Å². The summed E-state index contributed by atoms with van der Waals surface area (Å²) in [6.07, 6.45) is 3.08. The molecule has 1 N–H and O–H groups in total. The third-order valence-electron chi connectivity index (χ3n) is 4.38. The maximum absolute atomic E-state index is 13.7. The van der Waals surface area contributed by atoms with Crippen molar-refractivity contribution in [1.82, 2.24) is 5.32 Å². The molecule has 0 aromatic heterocycles. The second kappa shape index (κ2) is 7.79. The van der Waals surface area contributed by atoms with Gasteiger partial charge in [0, 0.05) is 10.9 Å². The van der Waals surface area contributed by atoms with Crippen LogP contribution in [0.4, 0.5) is 4.39 Å². The summed E-state index contributed by atoms with van der Waals surface area (Å²) in [4.78, 5) is 12.4. The van der Waals surface area contributed by atoms with Crippen molar-refractivity contribution in [3.8, 4) is 6.07 Å². The van der Waals surface area contributed by atoms with Crippen LogP contribution in [0.25, 0.3) is 0 Å². The van der Waals surface area contributed by atoms with Crippen LogP contribution in [0, 0.1) is 23.1 Å². The number of hydrogen-bond donors (Lipinski definition) is 1. The number of nitrogens with zero attached hydrogens (tertiary/aromatic N) is 1. The largest absolute Gasteiger partial charge is 0.349 e. The quantitative estimate of drug-likeness (QED) is 0.766. The molecule has 1 atom stereocenters. The Hall–Kier alpha value is -2.19. The van der Waals surface area contributed by atoms with Gasteiger partial charge in [-0.2, -0.15) is 5.26 Å². The van der Waals surface area contributed by atoms with Gasteiger partial charge in [0.2, 0.25) is 5.91 Å². The van der Waals surface area contributed by atoms with Gasteiger partial charge in [0.05, 0.1) is 17.7 Å². The van der Waals surface area contributed by atoms with Gasteiger partial charge >= 0.3 is 0 Å². The van der Waals surface area contributed by atoms with Crippen molar-refractivity contribution in [2.24, 2.45) is 5.92 Å². The second-order valence-corrected chi connectivity index (χ2v) is 7.31. The number of halogens is 2. The van der Waals surface area contributed by atoms with E-state index in [1.165, 1.54) is 12.1 Å². The molecule has 25 heavy (non-hydrogen) atoms. The summed E-state index contributed by atoms with van der Waals surface area (Å²) in [7, 11) is 0. The van der Waals surface area contributed by atoms with Gasteiger partial charge < -0.3 is 5.32 Å². The predicted octanol–water partition coefficient (Wildman–Crippen LogP) is 4.66. The Morgan fingerprint density at radius 1 is 1.28 bits per heavy atom. The summed E-state index contributed by atoms with van der Waals surface area (Å²) in [5.74, 6) is 0.0380. The summed E-state index contributed by atoms with van der Waals surface area (Å²) in [6, 6.07) is 14.0. The molecule has 0 spiro atoms. The van der Waals surface area contributed by atoms with Crippen LogP contribution in [0.2, 0.25) is 0 Å². The molecule has 128 valence electrons. The van der Waals surface area contributed by atoms with Crippen molar-refractivity contribution in [3.05, 3.63) is 69.4 Å². The molecule has 0 heterocycles. The number of carbonyl (C=O) groups excluding carboxylic acids is 1. The molecule has 1 aliphatic rings. The van der Waals surface area contributed by atoms with Gasteiger partial charge in [-0.05, 0) is 66.6 Å².